The molecule has 0 radical (unpaired) electrons. The minimum atomic E-state index is -3.73. The van der Waals surface area contributed by atoms with Crippen LogP contribution in [-0.2, 0) is 16.6 Å². The maximum absolute atomic E-state index is 13.1. The second-order valence-electron chi connectivity index (χ2n) is 6.80. The molecule has 1 fully saturated rings. The van der Waals surface area contributed by atoms with E-state index in [1.54, 1.807) is 13.0 Å². The molecule has 0 atom stereocenters. The molecule has 27 heavy (non-hydrogen) atoms. The fraction of sp³-hybridized carbons (Fsp3) is 0.350. The van der Waals surface area contributed by atoms with Crippen LogP contribution in [0.3, 0.4) is 0 Å². The lowest BCUT2D eigenvalue weighted by atomic mass is 10.1. The van der Waals surface area contributed by atoms with Crippen LogP contribution in [0.2, 0.25) is 0 Å². The van der Waals surface area contributed by atoms with E-state index in [-0.39, 0.29) is 10.5 Å². The maximum Gasteiger partial charge on any atom is 0.335 e. The molecule has 1 aliphatic heterocycles. The van der Waals surface area contributed by atoms with Gasteiger partial charge in [-0.1, -0.05) is 36.4 Å². The number of hydrogen-bond acceptors (Lipinski definition) is 4. The molecule has 0 amide bonds. The maximum atomic E-state index is 13.1. The summed E-state index contributed by atoms with van der Waals surface area (Å²) in [6.07, 6.45) is 0.740. The number of carboxylic acid groups (broad SMARTS) is 1. The van der Waals surface area contributed by atoms with E-state index in [1.807, 2.05) is 18.2 Å². The van der Waals surface area contributed by atoms with Crippen LogP contribution in [0, 0.1) is 6.92 Å². The standard InChI is InChI=1S/C20H24N2O4S/c1-16-8-9-18(20(23)24)14-19(16)27(25,26)22-11-5-10-21(12-13-22)15-17-6-3-2-4-7-17/h2-4,6-9,14H,5,10-13,15H2,1H3,(H,23,24). The summed E-state index contributed by atoms with van der Waals surface area (Å²) in [7, 11) is -3.73. The molecular formula is C20H24N2O4S. The predicted octanol–water partition coefficient (Wildman–Crippen LogP) is 2.59. The molecule has 2 aromatic rings. The number of benzene rings is 2. The van der Waals surface area contributed by atoms with E-state index in [0.717, 1.165) is 19.5 Å². The van der Waals surface area contributed by atoms with Gasteiger partial charge in [0.2, 0.25) is 10.0 Å². The van der Waals surface area contributed by atoms with Crippen molar-refractivity contribution in [1.82, 2.24) is 9.21 Å². The first kappa shape index (κ1) is 19.5. The Morgan fingerprint density at radius 1 is 1.04 bits per heavy atom. The Bertz CT molecular complexity index is 913. The highest BCUT2D eigenvalue weighted by molar-refractivity contribution is 7.89. The van der Waals surface area contributed by atoms with Crippen LogP contribution in [-0.4, -0.2) is 54.9 Å². The lowest BCUT2D eigenvalue weighted by molar-refractivity contribution is 0.0696. The van der Waals surface area contributed by atoms with Crippen molar-refractivity contribution < 1.29 is 18.3 Å². The quantitative estimate of drug-likeness (QED) is 0.852. The van der Waals surface area contributed by atoms with E-state index >= 15 is 0 Å². The van der Waals surface area contributed by atoms with Crippen molar-refractivity contribution in [2.45, 2.75) is 24.8 Å². The number of hydrogen-bond donors (Lipinski definition) is 1. The number of carbonyl (C=O) groups is 1. The largest absolute Gasteiger partial charge is 0.478 e. The van der Waals surface area contributed by atoms with Crippen molar-refractivity contribution in [3.05, 3.63) is 65.2 Å². The Morgan fingerprint density at radius 3 is 2.48 bits per heavy atom. The summed E-state index contributed by atoms with van der Waals surface area (Å²) in [5.41, 5.74) is 1.75. The highest BCUT2D eigenvalue weighted by Crippen LogP contribution is 2.23. The van der Waals surface area contributed by atoms with Gasteiger partial charge in [-0.05, 0) is 43.1 Å². The van der Waals surface area contributed by atoms with Gasteiger partial charge >= 0.3 is 5.97 Å². The Hall–Kier alpha value is -2.22. The SMILES string of the molecule is Cc1ccc(C(=O)O)cc1S(=O)(=O)N1CCCN(Cc2ccccc2)CC1. The van der Waals surface area contributed by atoms with Crippen LogP contribution >= 0.6 is 0 Å². The minimum absolute atomic E-state index is 0.0142. The van der Waals surface area contributed by atoms with E-state index in [9.17, 15) is 18.3 Å². The average molecular weight is 388 g/mol. The molecule has 0 aromatic heterocycles. The average Bonchev–Trinajstić information content (AvgIpc) is 2.88. The van der Waals surface area contributed by atoms with E-state index in [4.69, 9.17) is 0 Å². The number of carboxylic acids is 1. The minimum Gasteiger partial charge on any atom is -0.478 e. The van der Waals surface area contributed by atoms with Crippen molar-refractivity contribution in [3.63, 3.8) is 0 Å². The molecule has 7 heteroatoms. The van der Waals surface area contributed by atoms with Gasteiger partial charge in [-0.15, -0.1) is 0 Å². The van der Waals surface area contributed by atoms with Crippen molar-refractivity contribution in [3.8, 4) is 0 Å². The van der Waals surface area contributed by atoms with Crippen molar-refractivity contribution in [2.24, 2.45) is 0 Å². The molecule has 3 rings (SSSR count). The molecule has 6 nitrogen and oxygen atoms in total. The second kappa shape index (κ2) is 8.21. The van der Waals surface area contributed by atoms with E-state index in [0.29, 0.717) is 25.2 Å². The zero-order valence-electron chi connectivity index (χ0n) is 15.3. The molecule has 1 aliphatic rings. The van der Waals surface area contributed by atoms with Gasteiger partial charge in [0.25, 0.3) is 0 Å². The van der Waals surface area contributed by atoms with Gasteiger partial charge in [-0.2, -0.15) is 4.31 Å². The van der Waals surface area contributed by atoms with Gasteiger partial charge in [-0.3, -0.25) is 4.90 Å². The third-order valence-corrected chi connectivity index (χ3v) is 6.89. The third kappa shape index (κ3) is 4.55. The summed E-state index contributed by atoms with van der Waals surface area (Å²) in [5.74, 6) is -1.13. The Labute approximate surface area is 160 Å². The Kier molecular flexibility index (Phi) is 5.94. The third-order valence-electron chi connectivity index (χ3n) is 4.85. The van der Waals surface area contributed by atoms with Crippen LogP contribution < -0.4 is 0 Å². The van der Waals surface area contributed by atoms with Gasteiger partial charge in [0.1, 0.15) is 0 Å². The van der Waals surface area contributed by atoms with Crippen molar-refractivity contribution in [2.75, 3.05) is 26.2 Å². The van der Waals surface area contributed by atoms with Crippen LogP contribution in [0.1, 0.15) is 27.9 Å². The number of rotatable bonds is 5. The molecule has 0 aliphatic carbocycles. The summed E-state index contributed by atoms with van der Waals surface area (Å²) in [5, 5.41) is 9.18. The fourth-order valence-corrected chi connectivity index (χ4v) is 5.06. The van der Waals surface area contributed by atoms with E-state index in [1.165, 1.54) is 22.0 Å². The summed E-state index contributed by atoms with van der Waals surface area (Å²) < 4.78 is 27.7. The predicted molar refractivity (Wildman–Crippen MR) is 103 cm³/mol. The van der Waals surface area contributed by atoms with Gasteiger partial charge in [-0.25, -0.2) is 13.2 Å². The lowest BCUT2D eigenvalue weighted by Gasteiger charge is -2.22. The van der Waals surface area contributed by atoms with Crippen LogP contribution in [0.25, 0.3) is 0 Å². The highest BCUT2D eigenvalue weighted by atomic mass is 32.2. The molecule has 144 valence electrons. The molecule has 0 bridgehead atoms. The first-order valence-electron chi connectivity index (χ1n) is 8.98. The molecule has 0 saturated carbocycles. The summed E-state index contributed by atoms with van der Waals surface area (Å²) >= 11 is 0. The lowest BCUT2D eigenvalue weighted by Crippen LogP contribution is -2.35. The number of aromatic carboxylic acids is 1. The van der Waals surface area contributed by atoms with Crippen molar-refractivity contribution in [1.29, 1.82) is 0 Å². The summed E-state index contributed by atoms with van der Waals surface area (Å²) in [4.78, 5) is 13.6. The first-order valence-corrected chi connectivity index (χ1v) is 10.4. The van der Waals surface area contributed by atoms with Crippen LogP contribution in [0.4, 0.5) is 0 Å². The monoisotopic (exact) mass is 388 g/mol. The van der Waals surface area contributed by atoms with Gasteiger partial charge in [0, 0.05) is 26.2 Å². The smallest absolute Gasteiger partial charge is 0.335 e. The highest BCUT2D eigenvalue weighted by Gasteiger charge is 2.28. The zero-order valence-corrected chi connectivity index (χ0v) is 16.2. The van der Waals surface area contributed by atoms with Gasteiger partial charge in [0.05, 0.1) is 10.5 Å². The molecule has 1 saturated heterocycles. The number of aryl methyl sites for hydroxylation is 1. The van der Waals surface area contributed by atoms with Crippen LogP contribution in [0.15, 0.2) is 53.4 Å². The van der Waals surface area contributed by atoms with E-state index in [2.05, 4.69) is 17.0 Å². The molecule has 1 N–H and O–H groups in total. The Balaban J connectivity index is 1.76. The molecule has 2 aromatic carbocycles. The van der Waals surface area contributed by atoms with Gasteiger partial charge in [0.15, 0.2) is 0 Å². The first-order chi connectivity index (χ1) is 12.9. The molecule has 0 unspecified atom stereocenters. The summed E-state index contributed by atoms with van der Waals surface area (Å²) in [6, 6.07) is 14.4. The fourth-order valence-electron chi connectivity index (χ4n) is 3.34. The topological polar surface area (TPSA) is 77.9 Å². The summed E-state index contributed by atoms with van der Waals surface area (Å²) in [6.45, 7) is 4.79. The normalized spacial score (nSPS) is 16.8. The second-order valence-corrected chi connectivity index (χ2v) is 8.71. The number of nitrogens with zero attached hydrogens (tertiary/aromatic N) is 2. The molecule has 0 spiro atoms. The van der Waals surface area contributed by atoms with Gasteiger partial charge < -0.3 is 5.11 Å². The molecular weight excluding hydrogens is 364 g/mol. The number of sulfonamides is 1. The zero-order chi connectivity index (χ0) is 19.4. The van der Waals surface area contributed by atoms with Crippen molar-refractivity contribution >= 4 is 16.0 Å². The van der Waals surface area contributed by atoms with E-state index < -0.39 is 16.0 Å². The Morgan fingerprint density at radius 2 is 1.78 bits per heavy atom. The molecule has 1 heterocycles. The van der Waals surface area contributed by atoms with Crippen LogP contribution in [0.5, 0.6) is 0 Å².